The number of pyridine rings is 1. The largest absolute Gasteiger partial charge is 0.446 e. The van der Waals surface area contributed by atoms with Gasteiger partial charge < -0.3 is 24.8 Å². The standard InChI is InChI=1S/C29H32F5N5O4/c1-15-12-39(13-16(2)37(15)3)24-8-22(30)19(17-4-5-38(14-17)28(42)43-18-9-29(33,34)10-18)6-23(24)36-27(41)21-11-35-25(40)7-20(21)26(31)32/h4,6-8,11,15-16,18,26H,5,9-10,12-14H2,1-3H3,(H,35,40)(H,36,41). The Morgan fingerprint density at radius 2 is 1.79 bits per heavy atom. The molecule has 9 nitrogen and oxygen atoms in total. The van der Waals surface area contributed by atoms with Crippen molar-refractivity contribution in [3.05, 3.63) is 63.3 Å². The number of alkyl halides is 4. The molecule has 5 rings (SSSR count). The van der Waals surface area contributed by atoms with Gasteiger partial charge in [-0.2, -0.15) is 0 Å². The van der Waals surface area contributed by atoms with Crippen LogP contribution in [0.1, 0.15) is 54.6 Å². The Kier molecular flexibility index (Phi) is 8.25. The highest BCUT2D eigenvalue weighted by Gasteiger charge is 2.48. The zero-order valence-electron chi connectivity index (χ0n) is 23.8. The number of hydrogen-bond donors (Lipinski definition) is 2. The molecule has 2 fully saturated rings. The van der Waals surface area contributed by atoms with Gasteiger partial charge in [0.2, 0.25) is 5.56 Å². The number of carbonyl (C=O) groups is 2. The molecule has 2 N–H and O–H groups in total. The van der Waals surface area contributed by atoms with Gasteiger partial charge in [-0.15, -0.1) is 0 Å². The Morgan fingerprint density at radius 3 is 2.42 bits per heavy atom. The van der Waals surface area contributed by atoms with E-state index >= 15 is 4.39 Å². The van der Waals surface area contributed by atoms with E-state index in [1.165, 1.54) is 17.0 Å². The van der Waals surface area contributed by atoms with Crippen LogP contribution in [0.5, 0.6) is 0 Å². The lowest BCUT2D eigenvalue weighted by atomic mass is 9.91. The molecule has 2 aromatic rings. The molecule has 2 aliphatic heterocycles. The van der Waals surface area contributed by atoms with E-state index in [0.29, 0.717) is 30.4 Å². The second-order valence-electron chi connectivity index (χ2n) is 11.4. The maximum Gasteiger partial charge on any atom is 0.410 e. The van der Waals surface area contributed by atoms with Crippen LogP contribution in [0.2, 0.25) is 0 Å². The van der Waals surface area contributed by atoms with Gasteiger partial charge in [-0.05, 0) is 38.6 Å². The van der Waals surface area contributed by atoms with Gasteiger partial charge in [-0.3, -0.25) is 14.5 Å². The number of hydrogen-bond acceptors (Lipinski definition) is 6. The molecule has 1 aliphatic carbocycles. The molecule has 14 heteroatoms. The van der Waals surface area contributed by atoms with E-state index in [-0.39, 0.29) is 36.4 Å². The lowest BCUT2D eigenvalue weighted by molar-refractivity contribution is -0.147. The molecule has 3 heterocycles. The molecule has 232 valence electrons. The van der Waals surface area contributed by atoms with Gasteiger partial charge in [0, 0.05) is 74.5 Å². The van der Waals surface area contributed by atoms with Crippen molar-refractivity contribution in [3.63, 3.8) is 0 Å². The van der Waals surface area contributed by atoms with Crippen LogP contribution in [0, 0.1) is 5.82 Å². The van der Waals surface area contributed by atoms with E-state index in [1.54, 1.807) is 6.08 Å². The van der Waals surface area contributed by atoms with Gasteiger partial charge in [0.15, 0.2) is 0 Å². The molecular weight excluding hydrogens is 577 g/mol. The first-order chi connectivity index (χ1) is 20.2. The predicted molar refractivity (Wildman–Crippen MR) is 149 cm³/mol. The molecule has 1 saturated heterocycles. The molecule has 2 unspecified atom stereocenters. The average Bonchev–Trinajstić information content (AvgIpc) is 3.41. The van der Waals surface area contributed by atoms with Crippen LogP contribution in [-0.2, 0) is 4.74 Å². The zero-order valence-corrected chi connectivity index (χ0v) is 23.8. The zero-order chi connectivity index (χ0) is 31.2. The normalized spacial score (nSPS) is 22.4. The van der Waals surface area contributed by atoms with Crippen molar-refractivity contribution in [2.45, 2.75) is 57.2 Å². The number of ether oxygens (including phenoxy) is 1. The molecule has 2 atom stereocenters. The number of benzene rings is 1. The number of anilines is 2. The molecule has 1 aromatic carbocycles. The molecule has 3 aliphatic rings. The summed E-state index contributed by atoms with van der Waals surface area (Å²) in [5.41, 5.74) is -1.03. The van der Waals surface area contributed by atoms with Crippen LogP contribution in [0.15, 0.2) is 35.3 Å². The summed E-state index contributed by atoms with van der Waals surface area (Å²) in [4.78, 5) is 45.0. The lowest BCUT2D eigenvalue weighted by Gasteiger charge is -2.44. The number of likely N-dealkylation sites (N-methyl/N-ethyl adjacent to an activating group) is 1. The first-order valence-corrected chi connectivity index (χ1v) is 13.9. The molecule has 1 saturated carbocycles. The minimum Gasteiger partial charge on any atom is -0.446 e. The van der Waals surface area contributed by atoms with Gasteiger partial charge in [0.1, 0.15) is 11.9 Å². The number of carbonyl (C=O) groups excluding carboxylic acids is 2. The quantitative estimate of drug-likeness (QED) is 0.454. The summed E-state index contributed by atoms with van der Waals surface area (Å²) in [5.74, 6) is -4.41. The Bertz CT molecular complexity index is 1490. The van der Waals surface area contributed by atoms with Crippen LogP contribution in [0.3, 0.4) is 0 Å². The first-order valence-electron chi connectivity index (χ1n) is 13.9. The number of rotatable bonds is 6. The van der Waals surface area contributed by atoms with E-state index in [1.807, 2.05) is 25.8 Å². The smallest absolute Gasteiger partial charge is 0.410 e. The number of aromatic amines is 1. The summed E-state index contributed by atoms with van der Waals surface area (Å²) in [6, 6.07) is 3.45. The van der Waals surface area contributed by atoms with E-state index in [0.717, 1.165) is 6.20 Å². The number of amides is 2. The average molecular weight is 610 g/mol. The molecule has 0 spiro atoms. The monoisotopic (exact) mass is 609 g/mol. The third kappa shape index (κ3) is 6.38. The Labute approximate surface area is 244 Å². The summed E-state index contributed by atoms with van der Waals surface area (Å²) in [6.07, 6.45) is -3.36. The second-order valence-corrected chi connectivity index (χ2v) is 11.4. The van der Waals surface area contributed by atoms with E-state index < -0.39 is 65.8 Å². The van der Waals surface area contributed by atoms with Crippen molar-refractivity contribution in [3.8, 4) is 0 Å². The number of H-pyrrole nitrogens is 1. The van der Waals surface area contributed by atoms with Crippen molar-refractivity contribution in [1.29, 1.82) is 0 Å². The SMILES string of the molecule is CC1CN(c2cc(F)c(C3=CCN(C(=O)OC4CC(F)(F)C4)C3)cc2NC(=O)c2c[nH]c(=O)cc2C(F)F)CC(C)N1C. The number of piperazine rings is 1. The van der Waals surface area contributed by atoms with Crippen LogP contribution >= 0.6 is 0 Å². The van der Waals surface area contributed by atoms with Crippen molar-refractivity contribution in [1.82, 2.24) is 14.8 Å². The summed E-state index contributed by atoms with van der Waals surface area (Å²) in [7, 11) is 1.97. The fourth-order valence-electron chi connectivity index (χ4n) is 5.62. The van der Waals surface area contributed by atoms with E-state index in [2.05, 4.69) is 15.2 Å². The van der Waals surface area contributed by atoms with Gasteiger partial charge in [0.25, 0.3) is 18.3 Å². The number of halogens is 5. The fourth-order valence-corrected chi connectivity index (χ4v) is 5.62. The second kappa shape index (κ2) is 11.6. The van der Waals surface area contributed by atoms with Gasteiger partial charge >= 0.3 is 6.09 Å². The highest BCUT2D eigenvalue weighted by molar-refractivity contribution is 6.07. The highest BCUT2D eigenvalue weighted by atomic mass is 19.3. The summed E-state index contributed by atoms with van der Waals surface area (Å²) in [6.45, 7) is 4.98. The van der Waals surface area contributed by atoms with Crippen molar-refractivity contribution in [2.24, 2.45) is 0 Å². The third-order valence-electron chi connectivity index (χ3n) is 8.31. The summed E-state index contributed by atoms with van der Waals surface area (Å²) in [5, 5.41) is 2.63. The minimum atomic E-state index is -3.09. The van der Waals surface area contributed by atoms with Gasteiger partial charge in [0.05, 0.1) is 16.9 Å². The topological polar surface area (TPSA) is 98.0 Å². The van der Waals surface area contributed by atoms with Crippen LogP contribution < -0.4 is 15.8 Å². The first kappa shape index (κ1) is 30.5. The summed E-state index contributed by atoms with van der Waals surface area (Å²) >= 11 is 0. The number of aromatic nitrogens is 1. The van der Waals surface area contributed by atoms with E-state index in [4.69, 9.17) is 4.74 Å². The van der Waals surface area contributed by atoms with Crippen LogP contribution in [-0.4, -0.2) is 84.1 Å². The van der Waals surface area contributed by atoms with Crippen LogP contribution in [0.4, 0.5) is 38.1 Å². The Hall–Kier alpha value is -3.94. The summed E-state index contributed by atoms with van der Waals surface area (Å²) < 4.78 is 74.5. The predicted octanol–water partition coefficient (Wildman–Crippen LogP) is 4.87. The Balaban J connectivity index is 1.44. The van der Waals surface area contributed by atoms with Crippen molar-refractivity contribution >= 4 is 28.9 Å². The molecule has 0 bridgehead atoms. The fraction of sp³-hybridized carbons (Fsp3) is 0.483. The molecule has 1 aromatic heterocycles. The van der Waals surface area contributed by atoms with Crippen molar-refractivity contribution < 1.29 is 36.3 Å². The minimum absolute atomic E-state index is 0.0583. The third-order valence-corrected chi connectivity index (χ3v) is 8.31. The van der Waals surface area contributed by atoms with Gasteiger partial charge in [-0.25, -0.2) is 26.7 Å². The molecule has 43 heavy (non-hydrogen) atoms. The number of nitrogens with one attached hydrogen (secondary N) is 2. The molecular formula is C29H32F5N5O4. The maximum absolute atomic E-state index is 15.7. The lowest BCUT2D eigenvalue weighted by Crippen LogP contribution is -2.55. The highest BCUT2D eigenvalue weighted by Crippen LogP contribution is 2.40. The maximum atomic E-state index is 15.7. The van der Waals surface area contributed by atoms with Crippen molar-refractivity contribution in [2.75, 3.05) is 43.4 Å². The number of nitrogens with zero attached hydrogens (tertiary/aromatic N) is 3. The van der Waals surface area contributed by atoms with E-state index in [9.17, 15) is 31.9 Å². The van der Waals surface area contributed by atoms with Gasteiger partial charge in [-0.1, -0.05) is 6.08 Å². The van der Waals surface area contributed by atoms with Crippen LogP contribution in [0.25, 0.3) is 5.57 Å². The molecule has 0 radical (unpaired) electrons. The molecule has 2 amide bonds. The Morgan fingerprint density at radius 1 is 1.12 bits per heavy atom.